The summed E-state index contributed by atoms with van der Waals surface area (Å²) < 4.78 is 0. The molecule has 5 nitrogen and oxygen atoms in total. The molecule has 28 heavy (non-hydrogen) atoms. The van der Waals surface area contributed by atoms with Gasteiger partial charge in [0.15, 0.2) is 5.17 Å². The molecule has 2 aliphatic carbocycles. The Kier molecular flexibility index (Phi) is 5.93. The summed E-state index contributed by atoms with van der Waals surface area (Å²) in [4.78, 5) is 28.7. The number of allylic oxidation sites excluding steroid dienone is 1. The Morgan fingerprint density at radius 1 is 1.18 bits per heavy atom. The first-order valence-electron chi connectivity index (χ1n) is 9.07. The largest absolute Gasteiger partial charge is 0.361 e. The molecule has 1 fully saturated rings. The molecule has 2 bridgehead atoms. The Hall–Kier alpha value is -1.21. The van der Waals surface area contributed by atoms with Crippen LogP contribution in [0, 0.1) is 11.8 Å². The summed E-state index contributed by atoms with van der Waals surface area (Å²) in [6.07, 6.45) is 7.30. The molecular formula is C19H18Cl3N3O2S. The number of halogens is 3. The second-order valence-corrected chi connectivity index (χ2v) is 9.62. The topological polar surface area (TPSA) is 70.6 Å². The number of rotatable bonds is 5. The normalized spacial score (nSPS) is 28.0. The van der Waals surface area contributed by atoms with Gasteiger partial charge in [-0.1, -0.05) is 58.7 Å². The molecule has 2 N–H and O–H groups in total. The third-order valence-electron chi connectivity index (χ3n) is 5.25. The van der Waals surface area contributed by atoms with Crippen LogP contribution in [0.3, 0.4) is 0 Å². The summed E-state index contributed by atoms with van der Waals surface area (Å²) in [6.45, 7) is 0.317. The van der Waals surface area contributed by atoms with Gasteiger partial charge in [-0.25, -0.2) is 0 Å². The first kappa shape index (κ1) is 20.1. The van der Waals surface area contributed by atoms with Gasteiger partial charge in [0.25, 0.3) is 11.8 Å². The average molecular weight is 459 g/mol. The van der Waals surface area contributed by atoms with Crippen LogP contribution >= 0.6 is 46.6 Å². The van der Waals surface area contributed by atoms with Crippen molar-refractivity contribution in [2.24, 2.45) is 16.8 Å². The molecule has 9 heteroatoms. The Balaban J connectivity index is 1.26. The number of hydrogen-bond donors (Lipinski definition) is 2. The van der Waals surface area contributed by atoms with E-state index in [9.17, 15) is 9.59 Å². The van der Waals surface area contributed by atoms with Crippen molar-refractivity contribution < 1.29 is 9.59 Å². The van der Waals surface area contributed by atoms with Gasteiger partial charge in [0.05, 0.1) is 20.9 Å². The highest BCUT2D eigenvalue weighted by molar-refractivity contribution is 8.15. The molecule has 0 spiro atoms. The van der Waals surface area contributed by atoms with Crippen LogP contribution in [-0.4, -0.2) is 34.8 Å². The van der Waals surface area contributed by atoms with E-state index in [4.69, 9.17) is 34.8 Å². The minimum Gasteiger partial charge on any atom is -0.361 e. The lowest BCUT2D eigenvalue weighted by molar-refractivity contribution is -0.117. The molecule has 4 atom stereocenters. The van der Waals surface area contributed by atoms with E-state index in [2.05, 4.69) is 27.8 Å². The van der Waals surface area contributed by atoms with Crippen LogP contribution in [0.4, 0.5) is 0 Å². The summed E-state index contributed by atoms with van der Waals surface area (Å²) in [7, 11) is 0. The Labute approximate surface area is 182 Å². The molecule has 0 saturated heterocycles. The molecule has 3 aliphatic rings. The van der Waals surface area contributed by atoms with E-state index in [1.165, 1.54) is 30.3 Å². The number of nitrogens with zero attached hydrogens (tertiary/aromatic N) is 1. The predicted octanol–water partition coefficient (Wildman–Crippen LogP) is 4.32. The zero-order valence-corrected chi connectivity index (χ0v) is 17.8. The van der Waals surface area contributed by atoms with Crippen molar-refractivity contribution in [1.29, 1.82) is 0 Å². The van der Waals surface area contributed by atoms with Crippen LogP contribution in [-0.2, 0) is 4.79 Å². The second-order valence-electron chi connectivity index (χ2n) is 7.18. The van der Waals surface area contributed by atoms with E-state index in [0.717, 1.165) is 6.42 Å². The number of benzene rings is 1. The van der Waals surface area contributed by atoms with Gasteiger partial charge in [-0.15, -0.1) is 0 Å². The van der Waals surface area contributed by atoms with E-state index in [-0.39, 0.29) is 26.8 Å². The number of thioether (sulfide) groups is 1. The van der Waals surface area contributed by atoms with E-state index in [0.29, 0.717) is 41.0 Å². The van der Waals surface area contributed by atoms with Gasteiger partial charge in [0.1, 0.15) is 0 Å². The van der Waals surface area contributed by atoms with Gasteiger partial charge in [0.2, 0.25) is 0 Å². The maximum atomic E-state index is 12.4. The minimum absolute atomic E-state index is 0.164. The standard InChI is InChI=1S/C19H18Cl3N3O2S/c20-11-7-12(21)16(13(22)8-11)18(27)23-4-3-15-17(26)25-19(28-15)24-14-6-9-1-2-10(14)5-9/h1-2,7-10,14-15H,3-6H2,(H,23,27)(H,24,25,26). The van der Waals surface area contributed by atoms with Gasteiger partial charge < -0.3 is 10.6 Å². The zero-order valence-electron chi connectivity index (χ0n) is 14.8. The van der Waals surface area contributed by atoms with Crippen LogP contribution in [0.2, 0.25) is 15.1 Å². The third-order valence-corrected chi connectivity index (χ3v) is 7.22. The van der Waals surface area contributed by atoms with Crippen LogP contribution in [0.25, 0.3) is 0 Å². The Morgan fingerprint density at radius 2 is 1.93 bits per heavy atom. The van der Waals surface area contributed by atoms with Crippen LogP contribution in [0.15, 0.2) is 29.3 Å². The number of carbonyl (C=O) groups is 2. The number of aliphatic imine (C=N–C) groups is 1. The molecule has 2 amide bonds. The van der Waals surface area contributed by atoms with Crippen LogP contribution in [0.5, 0.6) is 0 Å². The Morgan fingerprint density at radius 3 is 2.57 bits per heavy atom. The molecular weight excluding hydrogens is 441 g/mol. The van der Waals surface area contributed by atoms with Crippen molar-refractivity contribution in [2.75, 3.05) is 6.54 Å². The van der Waals surface area contributed by atoms with E-state index in [1.807, 2.05) is 0 Å². The summed E-state index contributed by atoms with van der Waals surface area (Å²) in [5.74, 6) is 0.636. The van der Waals surface area contributed by atoms with Crippen molar-refractivity contribution in [2.45, 2.75) is 30.6 Å². The lowest BCUT2D eigenvalue weighted by Crippen LogP contribution is -2.35. The fourth-order valence-electron chi connectivity index (χ4n) is 3.90. The van der Waals surface area contributed by atoms with Crippen molar-refractivity contribution in [1.82, 2.24) is 10.6 Å². The van der Waals surface area contributed by atoms with Gasteiger partial charge in [-0.05, 0) is 43.2 Å². The summed E-state index contributed by atoms with van der Waals surface area (Å²) in [5.41, 5.74) is 0.182. The highest BCUT2D eigenvalue weighted by Gasteiger charge is 2.38. The van der Waals surface area contributed by atoms with Crippen molar-refractivity contribution in [3.63, 3.8) is 0 Å². The molecule has 4 unspecified atom stereocenters. The molecule has 1 saturated carbocycles. The lowest BCUT2D eigenvalue weighted by atomic mass is 10.0. The number of nitrogens with one attached hydrogen (secondary N) is 2. The van der Waals surface area contributed by atoms with E-state index >= 15 is 0 Å². The lowest BCUT2D eigenvalue weighted by Gasteiger charge is -2.20. The smallest absolute Gasteiger partial charge is 0.261 e. The molecule has 0 aromatic heterocycles. The number of amides is 2. The summed E-state index contributed by atoms with van der Waals surface area (Å²) >= 11 is 19.4. The van der Waals surface area contributed by atoms with Crippen molar-refractivity contribution in [3.05, 3.63) is 44.9 Å². The summed E-state index contributed by atoms with van der Waals surface area (Å²) in [5, 5.41) is 7.32. The molecule has 4 rings (SSSR count). The zero-order chi connectivity index (χ0) is 19.8. The van der Waals surface area contributed by atoms with Crippen molar-refractivity contribution >= 4 is 63.5 Å². The van der Waals surface area contributed by atoms with Crippen molar-refractivity contribution in [3.8, 4) is 0 Å². The van der Waals surface area contributed by atoms with Crippen LogP contribution in [0.1, 0.15) is 29.6 Å². The monoisotopic (exact) mass is 457 g/mol. The van der Waals surface area contributed by atoms with Crippen LogP contribution < -0.4 is 10.6 Å². The SMILES string of the molecule is O=C(NCCC1SC(NC2CC3C=CC2C3)=NC1=O)c1c(Cl)cc(Cl)cc1Cl. The average Bonchev–Trinajstić information content (AvgIpc) is 3.30. The fourth-order valence-corrected chi connectivity index (χ4v) is 5.91. The highest BCUT2D eigenvalue weighted by Crippen LogP contribution is 2.39. The number of amidine groups is 1. The highest BCUT2D eigenvalue weighted by atomic mass is 35.5. The first-order valence-corrected chi connectivity index (χ1v) is 11.1. The first-order chi connectivity index (χ1) is 13.4. The van der Waals surface area contributed by atoms with Gasteiger partial charge in [-0.2, -0.15) is 4.99 Å². The van der Waals surface area contributed by atoms with Gasteiger partial charge >= 0.3 is 0 Å². The quantitative estimate of drug-likeness (QED) is 0.645. The molecule has 1 aromatic carbocycles. The molecule has 0 radical (unpaired) electrons. The second kappa shape index (κ2) is 8.27. The summed E-state index contributed by atoms with van der Waals surface area (Å²) in [6, 6.07) is 3.30. The molecule has 1 heterocycles. The number of hydrogen-bond acceptors (Lipinski definition) is 4. The van der Waals surface area contributed by atoms with E-state index in [1.54, 1.807) is 0 Å². The third kappa shape index (κ3) is 4.20. The molecule has 1 aliphatic heterocycles. The van der Waals surface area contributed by atoms with Gasteiger partial charge in [0, 0.05) is 17.6 Å². The maximum Gasteiger partial charge on any atom is 0.261 e. The Bertz CT molecular complexity index is 866. The van der Waals surface area contributed by atoms with E-state index < -0.39 is 5.91 Å². The number of carbonyl (C=O) groups excluding carboxylic acids is 2. The van der Waals surface area contributed by atoms with Gasteiger partial charge in [-0.3, -0.25) is 9.59 Å². The molecule has 1 aromatic rings. The predicted molar refractivity (Wildman–Crippen MR) is 115 cm³/mol. The maximum absolute atomic E-state index is 12.4. The number of fused-ring (bicyclic) bond motifs is 2. The minimum atomic E-state index is -0.393. The molecule has 148 valence electrons. The fraction of sp³-hybridized carbons (Fsp3) is 0.421.